The number of anilines is 1. The van der Waals surface area contributed by atoms with Gasteiger partial charge in [-0.3, -0.25) is 9.59 Å². The van der Waals surface area contributed by atoms with E-state index in [1.165, 1.54) is 12.8 Å². The zero-order chi connectivity index (χ0) is 23.0. The molecule has 0 spiro atoms. The van der Waals surface area contributed by atoms with Crippen molar-refractivity contribution in [2.24, 2.45) is 0 Å². The normalized spacial score (nSPS) is 10.8. The van der Waals surface area contributed by atoms with Gasteiger partial charge in [-0.1, -0.05) is 67.6 Å². The van der Waals surface area contributed by atoms with Crippen molar-refractivity contribution in [3.05, 3.63) is 89.5 Å². The van der Waals surface area contributed by atoms with Crippen LogP contribution in [0.1, 0.15) is 46.0 Å². The highest BCUT2D eigenvalue weighted by Gasteiger charge is 2.17. The molecule has 4 rings (SSSR count). The van der Waals surface area contributed by atoms with Crippen LogP contribution >= 0.6 is 23.1 Å². The Morgan fingerprint density at radius 3 is 2.42 bits per heavy atom. The summed E-state index contributed by atoms with van der Waals surface area (Å²) in [5.74, 6) is 0.460. The number of nitrogens with one attached hydrogen (secondary N) is 2. The number of hydrogen-bond donors (Lipinski definition) is 2. The highest BCUT2D eigenvalue weighted by molar-refractivity contribution is 8.01. The molecule has 4 aromatic rings. The monoisotopic (exact) mass is 475 g/mol. The highest BCUT2D eigenvalue weighted by Crippen LogP contribution is 2.31. The standard InChI is InChI=1S/C26H25N3O2S2/c1-2-3-15-32-26-29-22-14-13-19(16-23(22)33-26)28-25(31)21-12-8-7-11-20(21)24(30)27-17-18-9-5-4-6-10-18/h4-14,16H,2-3,15,17H2,1H3,(H,27,30)(H,28,31). The van der Waals surface area contributed by atoms with Gasteiger partial charge in [-0.15, -0.1) is 11.3 Å². The summed E-state index contributed by atoms with van der Waals surface area (Å²) < 4.78 is 2.07. The first-order valence-electron chi connectivity index (χ1n) is 10.9. The van der Waals surface area contributed by atoms with Crippen molar-refractivity contribution in [1.29, 1.82) is 0 Å². The molecule has 168 valence electrons. The van der Waals surface area contributed by atoms with Crippen molar-refractivity contribution in [3.8, 4) is 0 Å². The van der Waals surface area contributed by atoms with Crippen LogP contribution in [-0.4, -0.2) is 22.6 Å². The van der Waals surface area contributed by atoms with E-state index in [0.29, 0.717) is 23.4 Å². The molecule has 0 saturated carbocycles. The number of carbonyl (C=O) groups is 2. The molecule has 0 aliphatic heterocycles. The summed E-state index contributed by atoms with van der Waals surface area (Å²) in [6, 6.07) is 22.2. The summed E-state index contributed by atoms with van der Waals surface area (Å²) in [5, 5.41) is 5.83. The average molecular weight is 476 g/mol. The minimum Gasteiger partial charge on any atom is -0.348 e. The van der Waals surface area contributed by atoms with Crippen molar-refractivity contribution in [3.63, 3.8) is 0 Å². The van der Waals surface area contributed by atoms with E-state index in [1.54, 1.807) is 47.4 Å². The zero-order valence-corrected chi connectivity index (χ0v) is 20.0. The van der Waals surface area contributed by atoms with Crippen molar-refractivity contribution >= 4 is 50.8 Å². The Morgan fingerprint density at radius 2 is 1.67 bits per heavy atom. The molecule has 0 atom stereocenters. The Bertz CT molecular complexity index is 1250. The second-order valence-electron chi connectivity index (χ2n) is 7.53. The number of fused-ring (bicyclic) bond motifs is 1. The fourth-order valence-corrected chi connectivity index (χ4v) is 5.56. The molecular formula is C26H25N3O2S2. The van der Waals surface area contributed by atoms with Crippen LogP contribution in [0.4, 0.5) is 5.69 Å². The number of unbranched alkanes of at least 4 members (excludes halogenated alkanes) is 1. The average Bonchev–Trinajstić information content (AvgIpc) is 3.25. The van der Waals surface area contributed by atoms with Crippen LogP contribution in [0.15, 0.2) is 77.1 Å². The summed E-state index contributed by atoms with van der Waals surface area (Å²) >= 11 is 3.40. The first kappa shape index (κ1) is 23.0. The molecular weight excluding hydrogens is 450 g/mol. The second-order valence-corrected chi connectivity index (χ2v) is 9.90. The lowest BCUT2D eigenvalue weighted by Gasteiger charge is -2.11. The maximum atomic E-state index is 13.0. The van der Waals surface area contributed by atoms with Crippen molar-refractivity contribution in [2.75, 3.05) is 11.1 Å². The number of aromatic nitrogens is 1. The number of hydrogen-bond acceptors (Lipinski definition) is 5. The third kappa shape index (κ3) is 6.00. The van der Waals surface area contributed by atoms with Gasteiger partial charge in [0.05, 0.1) is 21.3 Å². The molecule has 0 fully saturated rings. The number of thiazole rings is 1. The third-order valence-electron chi connectivity index (χ3n) is 5.06. The molecule has 3 aromatic carbocycles. The summed E-state index contributed by atoms with van der Waals surface area (Å²) in [7, 11) is 0. The Balaban J connectivity index is 1.46. The molecule has 0 aliphatic rings. The Labute approximate surface area is 201 Å². The van der Waals surface area contributed by atoms with Gasteiger partial charge in [-0.2, -0.15) is 0 Å². The molecule has 1 aromatic heterocycles. The van der Waals surface area contributed by atoms with Crippen LogP contribution in [0.2, 0.25) is 0 Å². The van der Waals surface area contributed by atoms with Crippen LogP contribution in [0.5, 0.6) is 0 Å². The van der Waals surface area contributed by atoms with Crippen molar-refractivity contribution in [1.82, 2.24) is 10.3 Å². The smallest absolute Gasteiger partial charge is 0.256 e. The molecule has 0 radical (unpaired) electrons. The van der Waals surface area contributed by atoms with Gasteiger partial charge < -0.3 is 10.6 Å². The van der Waals surface area contributed by atoms with E-state index >= 15 is 0 Å². The lowest BCUT2D eigenvalue weighted by molar-refractivity contribution is 0.0938. The highest BCUT2D eigenvalue weighted by atomic mass is 32.2. The number of rotatable bonds is 9. The van der Waals surface area contributed by atoms with Gasteiger partial charge in [0.2, 0.25) is 0 Å². The van der Waals surface area contributed by atoms with Crippen LogP contribution < -0.4 is 10.6 Å². The summed E-state index contributed by atoms with van der Waals surface area (Å²) in [5.41, 5.74) is 3.29. The van der Waals surface area contributed by atoms with Gasteiger partial charge in [-0.05, 0) is 42.3 Å². The topological polar surface area (TPSA) is 71.1 Å². The quantitative estimate of drug-likeness (QED) is 0.218. The molecule has 2 amide bonds. The van der Waals surface area contributed by atoms with Gasteiger partial charge >= 0.3 is 0 Å². The van der Waals surface area contributed by atoms with Gasteiger partial charge in [-0.25, -0.2) is 4.98 Å². The molecule has 2 N–H and O–H groups in total. The van der Waals surface area contributed by atoms with E-state index in [4.69, 9.17) is 0 Å². The van der Waals surface area contributed by atoms with Crippen molar-refractivity contribution in [2.45, 2.75) is 30.6 Å². The van der Waals surface area contributed by atoms with E-state index in [0.717, 1.165) is 25.9 Å². The lowest BCUT2D eigenvalue weighted by Crippen LogP contribution is -2.26. The third-order valence-corrected chi connectivity index (χ3v) is 7.31. The van der Waals surface area contributed by atoms with E-state index in [2.05, 4.69) is 22.5 Å². The zero-order valence-electron chi connectivity index (χ0n) is 18.3. The number of carbonyl (C=O) groups excluding carboxylic acids is 2. The molecule has 7 heteroatoms. The van der Waals surface area contributed by atoms with Gasteiger partial charge in [0, 0.05) is 18.0 Å². The van der Waals surface area contributed by atoms with Gasteiger partial charge in [0.15, 0.2) is 4.34 Å². The first-order valence-corrected chi connectivity index (χ1v) is 12.7. The molecule has 33 heavy (non-hydrogen) atoms. The van der Waals surface area contributed by atoms with Gasteiger partial charge in [0.25, 0.3) is 11.8 Å². The number of amides is 2. The molecule has 5 nitrogen and oxygen atoms in total. The molecule has 0 bridgehead atoms. The Morgan fingerprint density at radius 1 is 0.939 bits per heavy atom. The summed E-state index contributed by atoms with van der Waals surface area (Å²) in [6.07, 6.45) is 2.33. The second kappa shape index (κ2) is 11.1. The summed E-state index contributed by atoms with van der Waals surface area (Å²) in [4.78, 5) is 30.5. The molecule has 0 saturated heterocycles. The van der Waals surface area contributed by atoms with E-state index in [1.807, 2.05) is 48.5 Å². The minimum absolute atomic E-state index is 0.281. The number of thioether (sulfide) groups is 1. The summed E-state index contributed by atoms with van der Waals surface area (Å²) in [6.45, 7) is 2.58. The number of nitrogens with zero attached hydrogens (tertiary/aromatic N) is 1. The Kier molecular flexibility index (Phi) is 7.75. The molecule has 0 aliphatic carbocycles. The van der Waals surface area contributed by atoms with Crippen LogP contribution in [0.25, 0.3) is 10.2 Å². The maximum absolute atomic E-state index is 13.0. The van der Waals surface area contributed by atoms with Crippen LogP contribution in [0.3, 0.4) is 0 Å². The fourth-order valence-electron chi connectivity index (χ4n) is 3.30. The van der Waals surface area contributed by atoms with Gasteiger partial charge in [0.1, 0.15) is 0 Å². The van der Waals surface area contributed by atoms with E-state index < -0.39 is 0 Å². The fraction of sp³-hybridized carbons (Fsp3) is 0.192. The number of benzene rings is 3. The maximum Gasteiger partial charge on any atom is 0.256 e. The first-order chi connectivity index (χ1) is 16.1. The lowest BCUT2D eigenvalue weighted by atomic mass is 10.1. The van der Waals surface area contributed by atoms with Crippen molar-refractivity contribution < 1.29 is 9.59 Å². The van der Waals surface area contributed by atoms with Crippen LogP contribution in [-0.2, 0) is 6.54 Å². The van der Waals surface area contributed by atoms with Crippen LogP contribution in [0, 0.1) is 0 Å². The van der Waals surface area contributed by atoms with E-state index in [-0.39, 0.29) is 11.8 Å². The Hall–Kier alpha value is -3.16. The predicted octanol–water partition coefficient (Wildman–Crippen LogP) is 6.37. The largest absolute Gasteiger partial charge is 0.348 e. The SMILES string of the molecule is CCCCSc1nc2ccc(NC(=O)c3ccccc3C(=O)NCc3ccccc3)cc2s1. The molecule has 0 unspecified atom stereocenters. The predicted molar refractivity (Wildman–Crippen MR) is 137 cm³/mol. The minimum atomic E-state index is -0.318. The molecule has 1 heterocycles. The van der Waals surface area contributed by atoms with E-state index in [9.17, 15) is 9.59 Å².